The zero-order valence-corrected chi connectivity index (χ0v) is 11.4. The van der Waals surface area contributed by atoms with Gasteiger partial charge in [-0.1, -0.05) is 6.92 Å². The number of anilines is 1. The number of hydrogen-bond acceptors (Lipinski definition) is 6. The van der Waals surface area contributed by atoms with Gasteiger partial charge in [0, 0.05) is 13.1 Å². The number of carbonyl (C=O) groups is 1. The van der Waals surface area contributed by atoms with Gasteiger partial charge in [0.15, 0.2) is 0 Å². The number of hydrogen-bond donors (Lipinski definition) is 3. The minimum absolute atomic E-state index is 0.0603. The Morgan fingerprint density at radius 2 is 2.05 bits per heavy atom. The van der Waals surface area contributed by atoms with E-state index >= 15 is 0 Å². The number of aromatic nitrogens is 2. The van der Waals surface area contributed by atoms with E-state index in [0.717, 1.165) is 13.0 Å². The van der Waals surface area contributed by atoms with E-state index < -0.39 is 15.9 Å². The molecule has 0 saturated heterocycles. The lowest BCUT2D eigenvalue weighted by Crippen LogP contribution is -2.32. The molecule has 0 bridgehead atoms. The Morgan fingerprint density at radius 3 is 2.58 bits per heavy atom. The molecule has 0 spiro atoms. The Labute approximate surface area is 111 Å². The normalized spacial score (nSPS) is 11.1. The molecule has 8 nitrogen and oxygen atoms in total. The fourth-order valence-corrected chi connectivity index (χ4v) is 1.57. The standard InChI is InChI=1S/C10H17N5O3S/c1-2-3-12-9-7-14-8(6-15-9)10(16)13-4-5-19(11,17)18/h6-7H,2-5H2,1H3,(H,12,15)(H,13,16)(H2,11,17,18). The first-order valence-electron chi connectivity index (χ1n) is 5.77. The van der Waals surface area contributed by atoms with E-state index in [1.807, 2.05) is 6.92 Å². The summed E-state index contributed by atoms with van der Waals surface area (Å²) in [7, 11) is -3.58. The maximum absolute atomic E-state index is 11.6. The molecule has 1 amide bonds. The molecule has 0 radical (unpaired) electrons. The molecule has 1 aromatic heterocycles. The molecular weight excluding hydrogens is 270 g/mol. The number of nitrogens with zero attached hydrogens (tertiary/aromatic N) is 2. The van der Waals surface area contributed by atoms with Crippen molar-refractivity contribution in [2.75, 3.05) is 24.2 Å². The van der Waals surface area contributed by atoms with Gasteiger partial charge >= 0.3 is 0 Å². The minimum Gasteiger partial charge on any atom is -0.369 e. The summed E-state index contributed by atoms with van der Waals surface area (Å²) < 4.78 is 21.4. The number of nitrogens with two attached hydrogens (primary N) is 1. The van der Waals surface area contributed by atoms with Crippen LogP contribution in [-0.2, 0) is 10.0 Å². The van der Waals surface area contributed by atoms with Crippen molar-refractivity contribution in [2.24, 2.45) is 5.14 Å². The lowest BCUT2D eigenvalue weighted by Gasteiger charge is -2.05. The Balaban J connectivity index is 2.49. The molecule has 1 heterocycles. The molecule has 0 saturated carbocycles. The molecule has 0 aromatic carbocycles. The van der Waals surface area contributed by atoms with Gasteiger partial charge in [-0.25, -0.2) is 23.5 Å². The van der Waals surface area contributed by atoms with E-state index in [-0.39, 0.29) is 18.0 Å². The van der Waals surface area contributed by atoms with E-state index in [9.17, 15) is 13.2 Å². The third-order valence-corrected chi connectivity index (χ3v) is 2.89. The van der Waals surface area contributed by atoms with Crippen LogP contribution in [-0.4, -0.2) is 43.1 Å². The Hall–Kier alpha value is -1.74. The molecule has 0 fully saturated rings. The van der Waals surface area contributed by atoms with Crippen LogP contribution in [0.15, 0.2) is 12.4 Å². The zero-order valence-electron chi connectivity index (χ0n) is 10.6. The van der Waals surface area contributed by atoms with Crippen molar-refractivity contribution < 1.29 is 13.2 Å². The highest BCUT2D eigenvalue weighted by Gasteiger charge is 2.09. The van der Waals surface area contributed by atoms with E-state index in [2.05, 4.69) is 20.6 Å². The molecular formula is C10H17N5O3S. The summed E-state index contributed by atoms with van der Waals surface area (Å²) in [6.45, 7) is 2.73. The second-order valence-corrected chi connectivity index (χ2v) is 5.57. The van der Waals surface area contributed by atoms with Gasteiger partial charge in [-0.2, -0.15) is 0 Å². The van der Waals surface area contributed by atoms with Crippen LogP contribution in [0.25, 0.3) is 0 Å². The number of sulfonamides is 1. The first kappa shape index (κ1) is 15.3. The second kappa shape index (κ2) is 7.00. The molecule has 9 heteroatoms. The van der Waals surface area contributed by atoms with Crippen LogP contribution >= 0.6 is 0 Å². The average Bonchev–Trinajstić information content (AvgIpc) is 2.35. The Bertz CT molecular complexity index is 514. The van der Waals surface area contributed by atoms with Gasteiger partial charge in [0.2, 0.25) is 10.0 Å². The first-order valence-corrected chi connectivity index (χ1v) is 7.48. The van der Waals surface area contributed by atoms with Gasteiger partial charge in [-0.05, 0) is 6.42 Å². The van der Waals surface area contributed by atoms with Gasteiger partial charge in [0.1, 0.15) is 11.5 Å². The Morgan fingerprint density at radius 1 is 1.32 bits per heavy atom. The van der Waals surface area contributed by atoms with Crippen LogP contribution in [0, 0.1) is 0 Å². The van der Waals surface area contributed by atoms with Gasteiger partial charge < -0.3 is 10.6 Å². The monoisotopic (exact) mass is 287 g/mol. The smallest absolute Gasteiger partial charge is 0.271 e. The van der Waals surface area contributed by atoms with Crippen LogP contribution in [0.5, 0.6) is 0 Å². The van der Waals surface area contributed by atoms with Gasteiger partial charge in [0.05, 0.1) is 18.1 Å². The molecule has 0 aliphatic carbocycles. The SMILES string of the molecule is CCCNc1cnc(C(=O)NCCS(N)(=O)=O)cn1. The second-order valence-electron chi connectivity index (χ2n) is 3.84. The average molecular weight is 287 g/mol. The summed E-state index contributed by atoms with van der Waals surface area (Å²) in [6.07, 6.45) is 3.73. The minimum atomic E-state index is -3.58. The van der Waals surface area contributed by atoms with Crippen LogP contribution in [0.3, 0.4) is 0 Å². The number of amides is 1. The van der Waals surface area contributed by atoms with Crippen molar-refractivity contribution in [3.05, 3.63) is 18.1 Å². The van der Waals surface area contributed by atoms with E-state index in [0.29, 0.717) is 5.82 Å². The number of carbonyl (C=O) groups excluding carboxylic acids is 1. The van der Waals surface area contributed by atoms with Gasteiger partial charge in [-0.3, -0.25) is 4.79 Å². The highest BCUT2D eigenvalue weighted by atomic mass is 32.2. The Kier molecular flexibility index (Phi) is 5.64. The van der Waals surface area contributed by atoms with E-state index in [1.54, 1.807) is 0 Å². The topological polar surface area (TPSA) is 127 Å². The molecule has 1 aromatic rings. The van der Waals surface area contributed by atoms with Crippen molar-refractivity contribution in [2.45, 2.75) is 13.3 Å². The van der Waals surface area contributed by atoms with Crippen LogP contribution in [0.2, 0.25) is 0 Å². The number of nitrogens with one attached hydrogen (secondary N) is 2. The molecule has 106 valence electrons. The fourth-order valence-electron chi connectivity index (χ4n) is 1.19. The molecule has 0 unspecified atom stereocenters. The third-order valence-electron chi connectivity index (χ3n) is 2.11. The molecule has 0 atom stereocenters. The van der Waals surface area contributed by atoms with Gasteiger partial charge in [-0.15, -0.1) is 0 Å². The van der Waals surface area contributed by atoms with Crippen molar-refractivity contribution in [3.63, 3.8) is 0 Å². The van der Waals surface area contributed by atoms with Gasteiger partial charge in [0.25, 0.3) is 5.91 Å². The number of rotatable bonds is 7. The van der Waals surface area contributed by atoms with Crippen molar-refractivity contribution in [1.82, 2.24) is 15.3 Å². The summed E-state index contributed by atoms with van der Waals surface area (Å²) in [6, 6.07) is 0. The predicted molar refractivity (Wildman–Crippen MR) is 71.1 cm³/mol. The molecule has 0 aliphatic heterocycles. The van der Waals surface area contributed by atoms with E-state index in [1.165, 1.54) is 12.4 Å². The quantitative estimate of drug-likeness (QED) is 0.609. The van der Waals surface area contributed by atoms with Crippen LogP contribution in [0.4, 0.5) is 5.82 Å². The van der Waals surface area contributed by atoms with Crippen LogP contribution < -0.4 is 15.8 Å². The summed E-state index contributed by atoms with van der Waals surface area (Å²) in [5.41, 5.74) is 0.122. The largest absolute Gasteiger partial charge is 0.369 e. The van der Waals surface area contributed by atoms with Crippen molar-refractivity contribution in [3.8, 4) is 0 Å². The lowest BCUT2D eigenvalue weighted by atomic mass is 10.4. The fraction of sp³-hybridized carbons (Fsp3) is 0.500. The zero-order chi connectivity index (χ0) is 14.3. The maximum Gasteiger partial charge on any atom is 0.271 e. The molecule has 1 rings (SSSR count). The molecule has 4 N–H and O–H groups in total. The highest BCUT2D eigenvalue weighted by molar-refractivity contribution is 7.89. The molecule has 0 aliphatic rings. The first-order chi connectivity index (χ1) is 8.92. The van der Waals surface area contributed by atoms with E-state index in [4.69, 9.17) is 5.14 Å². The summed E-state index contributed by atoms with van der Waals surface area (Å²) in [5, 5.41) is 10.2. The number of primary sulfonamides is 1. The van der Waals surface area contributed by atoms with Crippen molar-refractivity contribution >= 4 is 21.7 Å². The van der Waals surface area contributed by atoms with Crippen molar-refractivity contribution in [1.29, 1.82) is 0 Å². The lowest BCUT2D eigenvalue weighted by molar-refractivity contribution is 0.0951. The predicted octanol–water partition coefficient (Wildman–Crippen LogP) is -0.683. The highest BCUT2D eigenvalue weighted by Crippen LogP contribution is 2.00. The summed E-state index contributed by atoms with van der Waals surface area (Å²) in [5.74, 6) is -0.219. The molecule has 19 heavy (non-hydrogen) atoms. The third kappa shape index (κ3) is 6.11. The maximum atomic E-state index is 11.6. The summed E-state index contributed by atoms with van der Waals surface area (Å²) >= 11 is 0. The summed E-state index contributed by atoms with van der Waals surface area (Å²) in [4.78, 5) is 19.5. The van der Waals surface area contributed by atoms with Crippen LogP contribution in [0.1, 0.15) is 23.8 Å².